The molecule has 0 unspecified atom stereocenters. The molecule has 2 aliphatic heterocycles. The van der Waals surface area contributed by atoms with Gasteiger partial charge in [0.05, 0.1) is 22.6 Å². The molecule has 4 aliphatic rings. The number of hydrogen-bond acceptors (Lipinski definition) is 5. The second-order valence-electron chi connectivity index (χ2n) is 14.1. The molecule has 1 spiro atoms. The van der Waals surface area contributed by atoms with Gasteiger partial charge in [0, 0.05) is 30.8 Å². The first-order valence-corrected chi connectivity index (χ1v) is 16.6. The number of aromatic hydroxyl groups is 1. The molecule has 1 saturated heterocycles. The third kappa shape index (κ3) is 5.22. The Labute approximate surface area is 273 Å². The Morgan fingerprint density at radius 2 is 1.83 bits per heavy atom. The minimum Gasteiger partial charge on any atom is -0.504 e. The summed E-state index contributed by atoms with van der Waals surface area (Å²) in [5.74, 6) is 0.333. The van der Waals surface area contributed by atoms with Crippen LogP contribution in [0, 0.1) is 5.92 Å². The lowest BCUT2D eigenvalue weighted by Crippen LogP contribution is -2.78. The number of ether oxygens (including phenoxy) is 1. The lowest BCUT2D eigenvalue weighted by Gasteiger charge is -2.65. The standard InChI is InChI=1S/C38H41F3N2O4/c1-24(2)23-43(32(45)15-10-26-8-12-28(13-9-26)38(39,40)41)29-16-18-37(46)31-22-27-11-14-30(44)34-33(27)36(37,35(29)47-34)19-21-42(31)20-17-25-6-4-3-5-7-25/h3-15,24,29,31,35,44,46H,16-23H2,1-2H3/t29-,31-,35+,36+,37-/m1/s1. The molecular weight excluding hydrogens is 605 g/mol. The van der Waals surface area contributed by atoms with E-state index in [1.165, 1.54) is 23.8 Å². The number of aliphatic hydroxyl groups is 1. The SMILES string of the molecule is CC(C)CN(C(=O)C=Cc1ccc(C(F)(F)F)cc1)[C@@H]1CC[C@@]2(O)[C@H]3Cc4ccc(O)c5c4[C@@]2(CCN3CCc2ccccc2)[C@H]1O5. The average molecular weight is 647 g/mol. The quantitative estimate of drug-likeness (QED) is 0.278. The highest BCUT2D eigenvalue weighted by molar-refractivity contribution is 5.92. The van der Waals surface area contributed by atoms with E-state index in [2.05, 4.69) is 17.0 Å². The number of carbonyl (C=O) groups excluding carboxylic acids is 1. The zero-order valence-corrected chi connectivity index (χ0v) is 26.7. The van der Waals surface area contributed by atoms with Crippen LogP contribution < -0.4 is 4.74 Å². The van der Waals surface area contributed by atoms with E-state index in [1.54, 1.807) is 12.1 Å². The number of alkyl halides is 3. The fourth-order valence-corrected chi connectivity index (χ4v) is 8.94. The fourth-order valence-electron chi connectivity index (χ4n) is 8.94. The summed E-state index contributed by atoms with van der Waals surface area (Å²) < 4.78 is 45.9. The number of phenols is 1. The Balaban J connectivity index is 1.21. The van der Waals surface area contributed by atoms with E-state index >= 15 is 0 Å². The maximum absolute atomic E-state index is 14.0. The van der Waals surface area contributed by atoms with Crippen molar-refractivity contribution in [3.63, 3.8) is 0 Å². The van der Waals surface area contributed by atoms with Crippen LogP contribution in [0.15, 0.2) is 72.8 Å². The summed E-state index contributed by atoms with van der Waals surface area (Å²) >= 11 is 0. The van der Waals surface area contributed by atoms with Crippen molar-refractivity contribution in [2.24, 2.45) is 5.92 Å². The molecule has 9 heteroatoms. The molecule has 6 nitrogen and oxygen atoms in total. The molecule has 248 valence electrons. The number of rotatable bonds is 8. The van der Waals surface area contributed by atoms with Crippen molar-refractivity contribution in [1.29, 1.82) is 0 Å². The van der Waals surface area contributed by atoms with Crippen LogP contribution in [0.1, 0.15) is 60.9 Å². The van der Waals surface area contributed by atoms with Crippen LogP contribution in [0.5, 0.6) is 11.5 Å². The van der Waals surface area contributed by atoms with Crippen LogP contribution in [-0.4, -0.2) is 69.3 Å². The van der Waals surface area contributed by atoms with Gasteiger partial charge in [0.25, 0.3) is 0 Å². The Morgan fingerprint density at radius 1 is 1.09 bits per heavy atom. The van der Waals surface area contributed by atoms with Crippen LogP contribution in [-0.2, 0) is 29.2 Å². The van der Waals surface area contributed by atoms with Gasteiger partial charge >= 0.3 is 6.18 Å². The number of piperidine rings is 1. The highest BCUT2D eigenvalue weighted by Crippen LogP contribution is 2.66. The first-order chi connectivity index (χ1) is 22.4. The molecular formula is C38H41F3N2O4. The van der Waals surface area contributed by atoms with Crippen molar-refractivity contribution in [3.05, 3.63) is 101 Å². The van der Waals surface area contributed by atoms with E-state index in [0.29, 0.717) is 43.5 Å². The lowest BCUT2D eigenvalue weighted by atomic mass is 9.48. The molecule has 2 heterocycles. The molecule has 47 heavy (non-hydrogen) atoms. The first kappa shape index (κ1) is 31.8. The number of likely N-dealkylation sites (tertiary alicyclic amines) is 1. The van der Waals surface area contributed by atoms with E-state index in [1.807, 2.05) is 43.0 Å². The highest BCUT2D eigenvalue weighted by atomic mass is 19.4. The van der Waals surface area contributed by atoms with Gasteiger partial charge in [-0.3, -0.25) is 9.69 Å². The zero-order valence-electron chi connectivity index (χ0n) is 26.7. The van der Waals surface area contributed by atoms with Crippen LogP contribution in [0.4, 0.5) is 13.2 Å². The minimum atomic E-state index is -4.43. The molecule has 1 saturated carbocycles. The largest absolute Gasteiger partial charge is 0.504 e. The van der Waals surface area contributed by atoms with Gasteiger partial charge < -0.3 is 19.8 Å². The van der Waals surface area contributed by atoms with Crippen molar-refractivity contribution >= 4 is 12.0 Å². The molecule has 0 radical (unpaired) electrons. The third-order valence-corrected chi connectivity index (χ3v) is 11.0. The minimum absolute atomic E-state index is 0.0440. The summed E-state index contributed by atoms with van der Waals surface area (Å²) in [7, 11) is 0. The van der Waals surface area contributed by atoms with E-state index in [-0.39, 0.29) is 29.7 Å². The molecule has 0 aromatic heterocycles. The first-order valence-electron chi connectivity index (χ1n) is 16.6. The zero-order chi connectivity index (χ0) is 33.1. The summed E-state index contributed by atoms with van der Waals surface area (Å²) in [6.45, 7) is 6.08. The van der Waals surface area contributed by atoms with Crippen molar-refractivity contribution in [3.8, 4) is 11.5 Å². The monoisotopic (exact) mass is 646 g/mol. The van der Waals surface area contributed by atoms with Gasteiger partial charge in [-0.1, -0.05) is 62.4 Å². The highest BCUT2D eigenvalue weighted by Gasteiger charge is 2.73. The number of carbonyl (C=O) groups is 1. The maximum Gasteiger partial charge on any atom is 0.416 e. The molecule has 5 atom stereocenters. The summed E-state index contributed by atoms with van der Waals surface area (Å²) in [6.07, 6.45) is 1.12. The Kier molecular flexibility index (Phi) is 7.91. The number of phenolic OH excluding ortho intramolecular Hbond substituents is 1. The topological polar surface area (TPSA) is 73.2 Å². The van der Waals surface area contributed by atoms with Crippen LogP contribution in [0.2, 0.25) is 0 Å². The smallest absolute Gasteiger partial charge is 0.416 e. The number of nitrogens with zero attached hydrogens (tertiary/aromatic N) is 2. The van der Waals surface area contributed by atoms with E-state index in [9.17, 15) is 28.2 Å². The molecule has 2 N–H and O–H groups in total. The Hall–Kier alpha value is -3.82. The predicted molar refractivity (Wildman–Crippen MR) is 173 cm³/mol. The van der Waals surface area contributed by atoms with Crippen molar-refractivity contribution in [2.75, 3.05) is 19.6 Å². The van der Waals surface area contributed by atoms with E-state index in [0.717, 1.165) is 42.8 Å². The normalized spacial score (nSPS) is 27.9. The van der Waals surface area contributed by atoms with Gasteiger partial charge in [-0.25, -0.2) is 0 Å². The van der Waals surface area contributed by atoms with Gasteiger partial charge in [-0.15, -0.1) is 0 Å². The van der Waals surface area contributed by atoms with Crippen molar-refractivity contribution in [1.82, 2.24) is 9.80 Å². The van der Waals surface area contributed by atoms with Gasteiger partial charge in [-0.05, 0) is 85.5 Å². The summed E-state index contributed by atoms with van der Waals surface area (Å²) in [6, 6.07) is 18.2. The van der Waals surface area contributed by atoms with Gasteiger partial charge in [0.15, 0.2) is 11.5 Å². The molecule has 2 bridgehead atoms. The number of amides is 1. The second kappa shape index (κ2) is 11.7. The maximum atomic E-state index is 14.0. The van der Waals surface area contributed by atoms with Crippen LogP contribution in [0.25, 0.3) is 6.08 Å². The summed E-state index contributed by atoms with van der Waals surface area (Å²) in [4.78, 5) is 18.2. The molecule has 7 rings (SSSR count). The van der Waals surface area contributed by atoms with Crippen LogP contribution in [0.3, 0.4) is 0 Å². The number of halogens is 3. The fraction of sp³-hybridized carbons (Fsp3) is 0.447. The van der Waals surface area contributed by atoms with Gasteiger partial charge in [0.2, 0.25) is 5.91 Å². The number of benzene rings is 3. The van der Waals surface area contributed by atoms with Gasteiger partial charge in [0.1, 0.15) is 6.10 Å². The predicted octanol–water partition coefficient (Wildman–Crippen LogP) is 6.37. The lowest BCUT2D eigenvalue weighted by molar-refractivity contribution is -0.201. The molecule has 3 aromatic rings. The summed E-state index contributed by atoms with van der Waals surface area (Å²) in [5.41, 5.74) is 1.06. The molecule has 3 aromatic carbocycles. The van der Waals surface area contributed by atoms with Gasteiger partial charge in [-0.2, -0.15) is 13.2 Å². The van der Waals surface area contributed by atoms with E-state index < -0.39 is 28.9 Å². The average Bonchev–Trinajstić information content (AvgIpc) is 3.40. The Morgan fingerprint density at radius 3 is 2.53 bits per heavy atom. The summed E-state index contributed by atoms with van der Waals surface area (Å²) in [5, 5.41) is 24.0. The van der Waals surface area contributed by atoms with E-state index in [4.69, 9.17) is 4.74 Å². The van der Waals surface area contributed by atoms with Crippen molar-refractivity contribution < 1.29 is 32.9 Å². The molecule has 2 aliphatic carbocycles. The second-order valence-corrected chi connectivity index (χ2v) is 14.1. The van der Waals surface area contributed by atoms with Crippen LogP contribution >= 0.6 is 0 Å². The number of hydrogen-bond donors (Lipinski definition) is 2. The molecule has 1 amide bonds. The van der Waals surface area contributed by atoms with Crippen molar-refractivity contribution in [2.45, 2.75) is 81.3 Å². The third-order valence-electron chi connectivity index (χ3n) is 11.0. The Bertz CT molecular complexity index is 1670. The molecule has 2 fully saturated rings.